The van der Waals surface area contributed by atoms with E-state index < -0.39 is 105 Å². The van der Waals surface area contributed by atoms with Gasteiger partial charge in [-0.2, -0.15) is 0 Å². The summed E-state index contributed by atoms with van der Waals surface area (Å²) in [5, 5.41) is 85.9. The molecule has 16 heteroatoms. The van der Waals surface area contributed by atoms with E-state index >= 15 is 0 Å². The molecule has 3 saturated carbocycles. The van der Waals surface area contributed by atoms with Crippen molar-refractivity contribution in [3.8, 4) is 0 Å². The molecule has 61 heavy (non-hydrogen) atoms. The van der Waals surface area contributed by atoms with Crippen molar-refractivity contribution < 1.29 is 78.7 Å². The fourth-order valence-corrected chi connectivity index (χ4v) is 14.0. The average molecular weight is 869 g/mol. The molecule has 5 saturated heterocycles. The van der Waals surface area contributed by atoms with Crippen LogP contribution in [-0.4, -0.2) is 164 Å². The standard InChI is InChI=1S/C45H72O16/c1-19-9-14-45(54-18-19)20(2)30-28(61-45)16-27-25-8-7-23-15-24(10-12-43(23,5)26(25)11-13-44(27,30)6)57-42-39(34(50)32(48)22(4)56-42)60-41-37(53)35(51)38(29(17-46)58-41)59-40-36(52)33(49)31(47)21(3)55-40/h7,19-22,24-42,46-53H,8-18H2,1-6H3/t19-,20+,21+,22+,24+,25-,26+,27+,28+,29-,30+,31+,32+,33-,34-,35-,36-,37-,38-,39-,40+,41+,42+,43+,44+,45-/m1/s1. The van der Waals surface area contributed by atoms with Gasteiger partial charge >= 0.3 is 0 Å². The Morgan fingerprint density at radius 2 is 1.34 bits per heavy atom. The van der Waals surface area contributed by atoms with Crippen LogP contribution in [0, 0.1) is 46.3 Å². The predicted octanol–water partition coefficient (Wildman–Crippen LogP) is 1.24. The summed E-state index contributed by atoms with van der Waals surface area (Å²) < 4.78 is 49.6. The third kappa shape index (κ3) is 7.42. The van der Waals surface area contributed by atoms with Crippen LogP contribution in [0.3, 0.4) is 0 Å². The Bertz CT molecular complexity index is 1590. The van der Waals surface area contributed by atoms with Gasteiger partial charge in [-0.1, -0.05) is 39.3 Å². The number of allylic oxidation sites excluding steroid dienone is 1. The quantitative estimate of drug-likeness (QED) is 0.168. The fraction of sp³-hybridized carbons (Fsp3) is 0.956. The van der Waals surface area contributed by atoms with Gasteiger partial charge in [0.15, 0.2) is 24.7 Å². The van der Waals surface area contributed by atoms with Gasteiger partial charge < -0.3 is 78.7 Å². The zero-order valence-corrected chi connectivity index (χ0v) is 36.5. The first-order valence-electron chi connectivity index (χ1n) is 23.2. The van der Waals surface area contributed by atoms with Gasteiger partial charge in [-0.15, -0.1) is 0 Å². The lowest BCUT2D eigenvalue weighted by Crippen LogP contribution is -2.66. The Labute approximate surface area is 358 Å². The van der Waals surface area contributed by atoms with E-state index in [2.05, 4.69) is 33.8 Å². The number of hydrogen-bond donors (Lipinski definition) is 8. The second-order valence-electron chi connectivity index (χ2n) is 21.1. The first kappa shape index (κ1) is 45.3. The molecule has 5 aliphatic heterocycles. The van der Waals surface area contributed by atoms with Crippen LogP contribution in [0.15, 0.2) is 11.6 Å². The number of aliphatic hydroxyl groups excluding tert-OH is 8. The summed E-state index contributed by atoms with van der Waals surface area (Å²) in [6, 6.07) is 0. The largest absolute Gasteiger partial charge is 0.394 e. The lowest BCUT2D eigenvalue weighted by Gasteiger charge is -2.58. The second kappa shape index (κ2) is 16.8. The van der Waals surface area contributed by atoms with Gasteiger partial charge in [-0.05, 0) is 106 Å². The second-order valence-corrected chi connectivity index (χ2v) is 21.1. The van der Waals surface area contributed by atoms with Crippen LogP contribution in [0.4, 0.5) is 0 Å². The molecule has 8 fully saturated rings. The summed E-state index contributed by atoms with van der Waals surface area (Å²) in [4.78, 5) is 0. The molecule has 0 aromatic rings. The molecule has 9 rings (SSSR count). The maximum Gasteiger partial charge on any atom is 0.187 e. The Balaban J connectivity index is 0.861. The van der Waals surface area contributed by atoms with Crippen molar-refractivity contribution in [1.82, 2.24) is 0 Å². The molecule has 0 bridgehead atoms. The van der Waals surface area contributed by atoms with Crippen LogP contribution in [0.2, 0.25) is 0 Å². The number of fused-ring (bicyclic) bond motifs is 7. The van der Waals surface area contributed by atoms with Crippen molar-refractivity contribution in [3.05, 3.63) is 11.6 Å². The van der Waals surface area contributed by atoms with Crippen LogP contribution < -0.4 is 0 Å². The van der Waals surface area contributed by atoms with Crippen molar-refractivity contribution in [2.24, 2.45) is 46.3 Å². The van der Waals surface area contributed by atoms with E-state index in [1.807, 2.05) is 0 Å². The number of hydrogen-bond acceptors (Lipinski definition) is 16. The van der Waals surface area contributed by atoms with Crippen molar-refractivity contribution in [2.75, 3.05) is 13.2 Å². The molecule has 0 aromatic heterocycles. The van der Waals surface area contributed by atoms with E-state index in [4.69, 9.17) is 37.9 Å². The molecule has 5 heterocycles. The molecule has 348 valence electrons. The maximum absolute atomic E-state index is 11.4. The molecule has 8 N–H and O–H groups in total. The molecular formula is C45H72O16. The molecular weight excluding hydrogens is 796 g/mol. The van der Waals surface area contributed by atoms with E-state index in [1.54, 1.807) is 6.92 Å². The monoisotopic (exact) mass is 868 g/mol. The minimum absolute atomic E-state index is 0.0210. The third-order valence-electron chi connectivity index (χ3n) is 17.6. The van der Waals surface area contributed by atoms with E-state index in [1.165, 1.54) is 25.3 Å². The summed E-state index contributed by atoms with van der Waals surface area (Å²) in [5.41, 5.74) is 1.62. The number of aliphatic hydroxyl groups is 8. The summed E-state index contributed by atoms with van der Waals surface area (Å²) in [5.74, 6) is 2.76. The van der Waals surface area contributed by atoms with Crippen molar-refractivity contribution in [2.45, 2.75) is 209 Å². The normalized spacial score (nSPS) is 58.4. The number of ether oxygens (including phenoxy) is 8. The molecule has 0 amide bonds. The molecule has 0 radical (unpaired) electrons. The molecule has 0 unspecified atom stereocenters. The predicted molar refractivity (Wildman–Crippen MR) is 213 cm³/mol. The van der Waals surface area contributed by atoms with Crippen LogP contribution >= 0.6 is 0 Å². The highest BCUT2D eigenvalue weighted by molar-refractivity contribution is 5.26. The first-order valence-corrected chi connectivity index (χ1v) is 23.2. The molecule has 4 aliphatic carbocycles. The Kier molecular flexibility index (Phi) is 12.4. The highest BCUT2D eigenvalue weighted by Crippen LogP contribution is 2.70. The lowest BCUT2D eigenvalue weighted by atomic mass is 9.47. The van der Waals surface area contributed by atoms with E-state index in [0.29, 0.717) is 41.9 Å². The minimum atomic E-state index is -1.81. The van der Waals surface area contributed by atoms with E-state index in [9.17, 15) is 40.9 Å². The van der Waals surface area contributed by atoms with E-state index in [-0.39, 0.29) is 23.0 Å². The smallest absolute Gasteiger partial charge is 0.187 e. The summed E-state index contributed by atoms with van der Waals surface area (Å²) in [7, 11) is 0. The van der Waals surface area contributed by atoms with Crippen LogP contribution in [0.25, 0.3) is 0 Å². The van der Waals surface area contributed by atoms with Gasteiger partial charge in [0.1, 0.15) is 61.0 Å². The highest BCUT2D eigenvalue weighted by atomic mass is 16.8. The average Bonchev–Trinajstić information content (AvgIpc) is 3.68. The van der Waals surface area contributed by atoms with Gasteiger partial charge in [0.2, 0.25) is 0 Å². The highest BCUT2D eigenvalue weighted by Gasteiger charge is 2.69. The maximum atomic E-state index is 11.4. The summed E-state index contributed by atoms with van der Waals surface area (Å²) in [6.07, 6.45) is -10.0. The Morgan fingerprint density at radius 3 is 2.05 bits per heavy atom. The molecule has 1 spiro atoms. The topological polar surface area (TPSA) is 236 Å². The minimum Gasteiger partial charge on any atom is -0.394 e. The van der Waals surface area contributed by atoms with Crippen LogP contribution in [-0.2, 0) is 37.9 Å². The molecule has 26 atom stereocenters. The fourth-order valence-electron chi connectivity index (χ4n) is 14.0. The molecule has 9 aliphatic rings. The van der Waals surface area contributed by atoms with Gasteiger partial charge in [-0.25, -0.2) is 0 Å². The van der Waals surface area contributed by atoms with Gasteiger partial charge in [-0.3, -0.25) is 0 Å². The van der Waals surface area contributed by atoms with Gasteiger partial charge in [0.05, 0.1) is 37.6 Å². The van der Waals surface area contributed by atoms with Crippen LogP contribution in [0.1, 0.15) is 99.3 Å². The van der Waals surface area contributed by atoms with Crippen molar-refractivity contribution in [3.63, 3.8) is 0 Å². The lowest BCUT2D eigenvalue weighted by molar-refractivity contribution is -0.384. The van der Waals surface area contributed by atoms with E-state index in [0.717, 1.165) is 45.1 Å². The van der Waals surface area contributed by atoms with Crippen molar-refractivity contribution >= 4 is 0 Å². The molecule has 0 aromatic carbocycles. The first-order chi connectivity index (χ1) is 28.9. The van der Waals surface area contributed by atoms with Crippen molar-refractivity contribution in [1.29, 1.82) is 0 Å². The zero-order valence-electron chi connectivity index (χ0n) is 36.5. The SMILES string of the molecule is C[C@@H]1CC[C@@]2(OC1)O[C@H]1C[C@H]3[C@@H]4CC=C5C[C@@H](O[C@@H]6O[C@@H](C)[C@H](O)[C@@H](O)[C@H]6O[C@@H]6O[C@H](CO)[C@@H](O[C@@H]7O[C@@H](C)[C@H](O)[C@@H](O)[C@H]7O)[C@H](O)[C@H]6O)CC[C@]5(C)[C@H]4CC[C@]3(C)[C@H]1[C@@H]2C. The summed E-state index contributed by atoms with van der Waals surface area (Å²) in [6.45, 7) is 12.8. The third-order valence-corrected chi connectivity index (χ3v) is 17.6. The molecule has 16 nitrogen and oxygen atoms in total. The summed E-state index contributed by atoms with van der Waals surface area (Å²) >= 11 is 0. The number of rotatable bonds is 7. The Morgan fingerprint density at radius 1 is 0.689 bits per heavy atom. The van der Waals surface area contributed by atoms with Gasteiger partial charge in [0.25, 0.3) is 0 Å². The van der Waals surface area contributed by atoms with Crippen LogP contribution in [0.5, 0.6) is 0 Å². The zero-order chi connectivity index (χ0) is 43.5. The van der Waals surface area contributed by atoms with Gasteiger partial charge in [0, 0.05) is 12.3 Å². The Hall–Kier alpha value is -0.900.